The summed E-state index contributed by atoms with van der Waals surface area (Å²) in [6.45, 7) is 3.87. The van der Waals surface area contributed by atoms with Gasteiger partial charge in [-0.3, -0.25) is 10.1 Å². The van der Waals surface area contributed by atoms with Gasteiger partial charge in [-0.2, -0.15) is 0 Å². The van der Waals surface area contributed by atoms with Gasteiger partial charge in [0.15, 0.2) is 0 Å². The fourth-order valence-electron chi connectivity index (χ4n) is 1.68. The van der Waals surface area contributed by atoms with Crippen LogP contribution >= 0.6 is 11.3 Å². The molecule has 0 saturated carbocycles. The summed E-state index contributed by atoms with van der Waals surface area (Å²) in [7, 11) is 1.59. The molecule has 0 spiro atoms. The van der Waals surface area contributed by atoms with E-state index in [2.05, 4.69) is 20.6 Å². The van der Waals surface area contributed by atoms with Crippen molar-refractivity contribution in [3.63, 3.8) is 0 Å². The number of hydrogen-bond donors (Lipinski definition) is 2. The van der Waals surface area contributed by atoms with Gasteiger partial charge >= 0.3 is 6.03 Å². The lowest BCUT2D eigenvalue weighted by molar-refractivity contribution is 0.249. The van der Waals surface area contributed by atoms with Gasteiger partial charge in [0.05, 0.1) is 16.7 Å². The molecule has 0 bridgehead atoms. The third kappa shape index (κ3) is 3.66. The van der Waals surface area contributed by atoms with E-state index in [1.165, 1.54) is 17.0 Å². The summed E-state index contributed by atoms with van der Waals surface area (Å²) < 4.78 is 1.35. The van der Waals surface area contributed by atoms with Gasteiger partial charge in [-0.1, -0.05) is 6.92 Å². The first-order chi connectivity index (χ1) is 10.0. The number of nitrogens with one attached hydrogen (secondary N) is 2. The molecular weight excluding hydrogens is 290 g/mol. The van der Waals surface area contributed by atoms with Gasteiger partial charge in [-0.05, 0) is 13.3 Å². The Morgan fingerprint density at radius 3 is 2.95 bits per heavy atom. The number of carbonyl (C=O) groups is 1. The molecule has 0 saturated heterocycles. The van der Waals surface area contributed by atoms with Gasteiger partial charge < -0.3 is 9.88 Å². The van der Waals surface area contributed by atoms with Gasteiger partial charge in [0.25, 0.3) is 5.56 Å². The minimum Gasteiger partial charge on any atom is -0.330 e. The van der Waals surface area contributed by atoms with Crippen molar-refractivity contribution in [2.75, 3.05) is 5.32 Å². The smallest absolute Gasteiger partial charge is 0.321 e. The van der Waals surface area contributed by atoms with Gasteiger partial charge in [0.2, 0.25) is 5.82 Å². The zero-order valence-electron chi connectivity index (χ0n) is 12.1. The Hall–Kier alpha value is -2.22. The van der Waals surface area contributed by atoms with E-state index in [1.807, 2.05) is 19.2 Å². The first-order valence-electron chi connectivity index (χ1n) is 6.54. The number of anilines is 1. The van der Waals surface area contributed by atoms with Crippen molar-refractivity contribution >= 4 is 23.2 Å². The number of urea groups is 1. The van der Waals surface area contributed by atoms with Gasteiger partial charge in [-0.25, -0.2) is 14.8 Å². The third-order valence-electron chi connectivity index (χ3n) is 2.91. The van der Waals surface area contributed by atoms with Crippen LogP contribution in [0.2, 0.25) is 0 Å². The highest BCUT2D eigenvalue weighted by Gasteiger charge is 2.14. The van der Waals surface area contributed by atoms with E-state index in [0.29, 0.717) is 0 Å². The number of hydrogen-bond acceptors (Lipinski definition) is 5. The number of amides is 2. The van der Waals surface area contributed by atoms with E-state index in [9.17, 15) is 9.59 Å². The number of aromatic nitrogens is 3. The summed E-state index contributed by atoms with van der Waals surface area (Å²) in [6.07, 6.45) is 3.84. The molecule has 0 radical (unpaired) electrons. The summed E-state index contributed by atoms with van der Waals surface area (Å²) in [6, 6.07) is -0.724. The normalized spacial score (nSPS) is 12.0. The highest BCUT2D eigenvalue weighted by molar-refractivity contribution is 7.09. The fraction of sp³-hybridized carbons (Fsp3) is 0.385. The highest BCUT2D eigenvalue weighted by atomic mass is 32.1. The van der Waals surface area contributed by atoms with Crippen molar-refractivity contribution in [1.29, 1.82) is 0 Å². The SMILES string of the molecule is CCc1nc([C@H](C)NC(=O)Nc2nccn(C)c2=O)cs1. The summed E-state index contributed by atoms with van der Waals surface area (Å²) in [5.74, 6) is -0.00257. The van der Waals surface area contributed by atoms with Crippen molar-refractivity contribution in [1.82, 2.24) is 19.9 Å². The number of rotatable bonds is 4. The van der Waals surface area contributed by atoms with Crippen LogP contribution in [-0.4, -0.2) is 20.6 Å². The average molecular weight is 307 g/mol. The lowest BCUT2D eigenvalue weighted by Crippen LogP contribution is -2.34. The maximum absolute atomic E-state index is 11.9. The molecule has 8 heteroatoms. The molecule has 21 heavy (non-hydrogen) atoms. The molecule has 0 aliphatic carbocycles. The van der Waals surface area contributed by atoms with Crippen LogP contribution in [0, 0.1) is 0 Å². The molecular formula is C13H17N5O2S. The molecule has 0 aliphatic heterocycles. The Bertz CT molecular complexity index is 694. The van der Waals surface area contributed by atoms with E-state index in [4.69, 9.17) is 0 Å². The molecule has 1 atom stereocenters. The first kappa shape index (κ1) is 15.2. The lowest BCUT2D eigenvalue weighted by Gasteiger charge is -2.12. The molecule has 7 nitrogen and oxygen atoms in total. The van der Waals surface area contributed by atoms with Gasteiger partial charge in [0, 0.05) is 24.8 Å². The first-order valence-corrected chi connectivity index (χ1v) is 7.42. The molecule has 2 amide bonds. The average Bonchev–Trinajstić information content (AvgIpc) is 2.93. The third-order valence-corrected chi connectivity index (χ3v) is 3.92. The van der Waals surface area contributed by atoms with Crippen molar-refractivity contribution in [2.45, 2.75) is 26.3 Å². The van der Waals surface area contributed by atoms with Crippen LogP contribution in [0.4, 0.5) is 10.6 Å². The standard InChI is InChI=1S/C13H17N5O2S/c1-4-10-16-9(7-21-10)8(2)15-13(20)17-11-12(19)18(3)6-5-14-11/h5-8H,4H2,1-3H3,(H2,14,15,17,20)/t8-/m0/s1. The number of aryl methyl sites for hydroxylation is 2. The van der Waals surface area contributed by atoms with Crippen LogP contribution in [0.1, 0.15) is 30.6 Å². The molecule has 2 aromatic rings. The molecule has 2 aromatic heterocycles. The minimum atomic E-state index is -0.482. The fourth-order valence-corrected chi connectivity index (χ4v) is 2.52. The summed E-state index contributed by atoms with van der Waals surface area (Å²) in [5, 5.41) is 8.13. The van der Waals surface area contributed by atoms with Gasteiger partial charge in [0.1, 0.15) is 0 Å². The van der Waals surface area contributed by atoms with Crippen molar-refractivity contribution < 1.29 is 4.79 Å². The Morgan fingerprint density at radius 1 is 1.52 bits per heavy atom. The minimum absolute atomic E-state index is 0.00257. The monoisotopic (exact) mass is 307 g/mol. The molecule has 2 heterocycles. The molecule has 2 N–H and O–H groups in total. The zero-order chi connectivity index (χ0) is 15.4. The van der Waals surface area contributed by atoms with Crippen LogP contribution in [0.15, 0.2) is 22.6 Å². The molecule has 0 unspecified atom stereocenters. The van der Waals surface area contributed by atoms with Crippen LogP contribution in [0.5, 0.6) is 0 Å². The summed E-state index contributed by atoms with van der Waals surface area (Å²) in [5.41, 5.74) is 0.447. The quantitative estimate of drug-likeness (QED) is 0.899. The second-order valence-electron chi connectivity index (χ2n) is 4.53. The van der Waals surface area contributed by atoms with Crippen LogP contribution < -0.4 is 16.2 Å². The van der Waals surface area contributed by atoms with E-state index in [0.717, 1.165) is 17.1 Å². The van der Waals surface area contributed by atoms with Crippen molar-refractivity contribution in [3.05, 3.63) is 38.8 Å². The second kappa shape index (κ2) is 6.49. The Balaban J connectivity index is 2.01. The lowest BCUT2D eigenvalue weighted by atomic mass is 10.3. The number of carbonyl (C=O) groups excluding carboxylic acids is 1. The summed E-state index contributed by atoms with van der Waals surface area (Å²) >= 11 is 1.56. The predicted octanol–water partition coefficient (Wildman–Crippen LogP) is 1.68. The topological polar surface area (TPSA) is 88.9 Å². The van der Waals surface area contributed by atoms with E-state index in [1.54, 1.807) is 18.4 Å². The maximum Gasteiger partial charge on any atom is 0.321 e. The summed E-state index contributed by atoms with van der Waals surface area (Å²) in [4.78, 5) is 31.9. The maximum atomic E-state index is 11.9. The predicted molar refractivity (Wildman–Crippen MR) is 81.5 cm³/mol. The Labute approximate surface area is 126 Å². The molecule has 112 valence electrons. The Kier molecular flexibility index (Phi) is 4.69. The van der Waals surface area contributed by atoms with Crippen LogP contribution in [0.3, 0.4) is 0 Å². The van der Waals surface area contributed by atoms with E-state index < -0.39 is 6.03 Å². The molecule has 0 aromatic carbocycles. The van der Waals surface area contributed by atoms with Crippen LogP contribution in [-0.2, 0) is 13.5 Å². The molecule has 0 fully saturated rings. The number of thiazole rings is 1. The largest absolute Gasteiger partial charge is 0.330 e. The van der Waals surface area contributed by atoms with E-state index >= 15 is 0 Å². The zero-order valence-corrected chi connectivity index (χ0v) is 12.9. The molecule has 0 aliphatic rings. The second-order valence-corrected chi connectivity index (χ2v) is 5.47. The molecule has 2 rings (SSSR count). The van der Waals surface area contributed by atoms with Crippen molar-refractivity contribution in [3.8, 4) is 0 Å². The Morgan fingerprint density at radius 2 is 2.29 bits per heavy atom. The van der Waals surface area contributed by atoms with E-state index in [-0.39, 0.29) is 17.4 Å². The number of nitrogens with zero attached hydrogens (tertiary/aromatic N) is 3. The van der Waals surface area contributed by atoms with Crippen LogP contribution in [0.25, 0.3) is 0 Å². The van der Waals surface area contributed by atoms with Gasteiger partial charge in [-0.15, -0.1) is 11.3 Å². The van der Waals surface area contributed by atoms with Crippen molar-refractivity contribution in [2.24, 2.45) is 7.05 Å². The highest BCUT2D eigenvalue weighted by Crippen LogP contribution is 2.16.